The third kappa shape index (κ3) is 4.61. The first kappa shape index (κ1) is 16.2. The number of nitrogens with one attached hydrogen (secondary N) is 1. The topological polar surface area (TPSA) is 12.0 Å². The Hall–Kier alpha value is -0.890. The second-order valence-corrected chi connectivity index (χ2v) is 5.35. The number of benzene rings is 1. The van der Waals surface area contributed by atoms with E-state index in [9.17, 15) is 4.39 Å². The first-order valence-electron chi connectivity index (χ1n) is 7.63. The number of unbranched alkanes of at least 4 members (excludes halogenated alkanes) is 1. The Morgan fingerprint density at radius 2 is 1.95 bits per heavy atom. The van der Waals surface area contributed by atoms with Gasteiger partial charge in [-0.2, -0.15) is 0 Å². The molecular formula is C17H28FN. The van der Waals surface area contributed by atoms with Crippen LogP contribution in [0.2, 0.25) is 0 Å². The molecule has 0 heterocycles. The fourth-order valence-corrected chi connectivity index (χ4v) is 2.65. The minimum Gasteiger partial charge on any atom is -0.310 e. The van der Waals surface area contributed by atoms with Gasteiger partial charge in [0.25, 0.3) is 0 Å². The van der Waals surface area contributed by atoms with E-state index in [1.165, 1.54) is 19.3 Å². The summed E-state index contributed by atoms with van der Waals surface area (Å²) in [6, 6.07) is 5.94. The number of hydrogen-bond donors (Lipinski definition) is 1. The highest BCUT2D eigenvalue weighted by atomic mass is 19.1. The Morgan fingerprint density at radius 3 is 2.47 bits per heavy atom. The molecule has 19 heavy (non-hydrogen) atoms. The molecule has 2 atom stereocenters. The third-order valence-corrected chi connectivity index (χ3v) is 3.90. The van der Waals surface area contributed by atoms with Crippen LogP contribution in [0.15, 0.2) is 18.2 Å². The van der Waals surface area contributed by atoms with Gasteiger partial charge in [0.1, 0.15) is 5.82 Å². The summed E-state index contributed by atoms with van der Waals surface area (Å²) in [7, 11) is 0. The van der Waals surface area contributed by atoms with Crippen LogP contribution in [0.5, 0.6) is 0 Å². The summed E-state index contributed by atoms with van der Waals surface area (Å²) >= 11 is 0. The van der Waals surface area contributed by atoms with Gasteiger partial charge in [-0.25, -0.2) is 4.39 Å². The maximum atomic E-state index is 13.8. The molecule has 0 amide bonds. The highest BCUT2D eigenvalue weighted by molar-refractivity contribution is 5.26. The van der Waals surface area contributed by atoms with E-state index >= 15 is 0 Å². The summed E-state index contributed by atoms with van der Waals surface area (Å²) in [5.74, 6) is 0.493. The number of aryl methyl sites for hydroxylation is 1. The summed E-state index contributed by atoms with van der Waals surface area (Å²) in [6.07, 6.45) is 4.81. The maximum Gasteiger partial charge on any atom is 0.126 e. The molecule has 0 fully saturated rings. The van der Waals surface area contributed by atoms with Crippen LogP contribution < -0.4 is 5.32 Å². The van der Waals surface area contributed by atoms with Crippen molar-refractivity contribution in [3.05, 3.63) is 35.1 Å². The standard InChI is InChI=1S/C17H28FN/c1-5-8-9-14(6-2)17(19-7-3)15-11-10-13(4)16(18)12-15/h10-12,14,17,19H,5-9H2,1-4H3. The Kier molecular flexibility index (Phi) is 7.07. The highest BCUT2D eigenvalue weighted by Gasteiger charge is 2.21. The second kappa shape index (κ2) is 8.31. The quantitative estimate of drug-likeness (QED) is 0.697. The van der Waals surface area contributed by atoms with Gasteiger partial charge in [-0.05, 0) is 43.0 Å². The first-order valence-corrected chi connectivity index (χ1v) is 7.63. The van der Waals surface area contributed by atoms with Gasteiger partial charge in [-0.3, -0.25) is 0 Å². The van der Waals surface area contributed by atoms with Crippen LogP contribution in [-0.2, 0) is 0 Å². The Bertz CT molecular complexity index is 376. The van der Waals surface area contributed by atoms with Gasteiger partial charge in [-0.15, -0.1) is 0 Å². The molecule has 0 aromatic heterocycles. The molecule has 0 spiro atoms. The lowest BCUT2D eigenvalue weighted by Gasteiger charge is -2.28. The minimum absolute atomic E-state index is 0.0919. The molecular weight excluding hydrogens is 237 g/mol. The Labute approximate surface area is 117 Å². The largest absolute Gasteiger partial charge is 0.310 e. The van der Waals surface area contributed by atoms with Gasteiger partial charge in [0.2, 0.25) is 0 Å². The second-order valence-electron chi connectivity index (χ2n) is 5.35. The van der Waals surface area contributed by atoms with Crippen LogP contribution in [0.1, 0.15) is 63.6 Å². The summed E-state index contributed by atoms with van der Waals surface area (Å²) in [5.41, 5.74) is 1.81. The molecule has 1 nitrogen and oxygen atoms in total. The zero-order chi connectivity index (χ0) is 14.3. The molecule has 108 valence electrons. The van der Waals surface area contributed by atoms with E-state index < -0.39 is 0 Å². The highest BCUT2D eigenvalue weighted by Crippen LogP contribution is 2.29. The van der Waals surface area contributed by atoms with Crippen LogP contribution in [0.4, 0.5) is 4.39 Å². The van der Waals surface area contributed by atoms with E-state index in [4.69, 9.17) is 0 Å². The molecule has 0 aliphatic carbocycles. The molecule has 0 radical (unpaired) electrons. The normalized spacial score (nSPS) is 14.4. The Morgan fingerprint density at radius 1 is 1.21 bits per heavy atom. The van der Waals surface area contributed by atoms with Crippen molar-refractivity contribution >= 4 is 0 Å². The monoisotopic (exact) mass is 265 g/mol. The van der Waals surface area contributed by atoms with Crippen LogP contribution in [-0.4, -0.2) is 6.54 Å². The van der Waals surface area contributed by atoms with E-state index in [-0.39, 0.29) is 11.9 Å². The van der Waals surface area contributed by atoms with E-state index in [2.05, 4.69) is 32.2 Å². The van der Waals surface area contributed by atoms with Crippen molar-refractivity contribution in [1.29, 1.82) is 0 Å². The fraction of sp³-hybridized carbons (Fsp3) is 0.647. The summed E-state index contributed by atoms with van der Waals surface area (Å²) in [5, 5.41) is 3.54. The fourth-order valence-electron chi connectivity index (χ4n) is 2.65. The van der Waals surface area contributed by atoms with Crippen LogP contribution in [0.3, 0.4) is 0 Å². The summed E-state index contributed by atoms with van der Waals surface area (Å²) < 4.78 is 13.8. The third-order valence-electron chi connectivity index (χ3n) is 3.90. The van der Waals surface area contributed by atoms with Crippen LogP contribution in [0, 0.1) is 18.7 Å². The van der Waals surface area contributed by atoms with Gasteiger partial charge in [0.05, 0.1) is 0 Å². The van der Waals surface area contributed by atoms with E-state index in [0.717, 1.165) is 24.1 Å². The molecule has 0 saturated carbocycles. The SMILES string of the molecule is CCCCC(CC)C(NCC)c1ccc(C)c(F)c1. The van der Waals surface area contributed by atoms with Crippen molar-refractivity contribution in [2.75, 3.05) is 6.54 Å². The molecule has 0 aliphatic heterocycles. The van der Waals surface area contributed by atoms with Crippen molar-refractivity contribution in [3.8, 4) is 0 Å². The molecule has 0 aliphatic rings. The number of halogens is 1. The van der Waals surface area contributed by atoms with Gasteiger partial charge >= 0.3 is 0 Å². The molecule has 2 heteroatoms. The lowest BCUT2D eigenvalue weighted by Crippen LogP contribution is -2.28. The molecule has 1 N–H and O–H groups in total. The van der Waals surface area contributed by atoms with Gasteiger partial charge in [0, 0.05) is 6.04 Å². The van der Waals surface area contributed by atoms with Crippen molar-refractivity contribution in [1.82, 2.24) is 5.32 Å². The lowest BCUT2D eigenvalue weighted by molar-refractivity contribution is 0.327. The predicted molar refractivity (Wildman–Crippen MR) is 80.9 cm³/mol. The number of hydrogen-bond acceptors (Lipinski definition) is 1. The minimum atomic E-state index is -0.0919. The molecule has 1 rings (SSSR count). The Balaban J connectivity index is 2.93. The summed E-state index contributed by atoms with van der Waals surface area (Å²) in [6.45, 7) is 9.30. The average molecular weight is 265 g/mol. The zero-order valence-corrected chi connectivity index (χ0v) is 12.8. The molecule has 1 aromatic carbocycles. The van der Waals surface area contributed by atoms with Gasteiger partial charge < -0.3 is 5.32 Å². The smallest absolute Gasteiger partial charge is 0.126 e. The lowest BCUT2D eigenvalue weighted by atomic mass is 9.86. The summed E-state index contributed by atoms with van der Waals surface area (Å²) in [4.78, 5) is 0. The molecule has 2 unspecified atom stereocenters. The van der Waals surface area contributed by atoms with Crippen LogP contribution >= 0.6 is 0 Å². The molecule has 1 aromatic rings. The zero-order valence-electron chi connectivity index (χ0n) is 12.8. The number of rotatable bonds is 8. The van der Waals surface area contributed by atoms with Gasteiger partial charge in [0.15, 0.2) is 0 Å². The van der Waals surface area contributed by atoms with E-state index in [1.54, 1.807) is 6.07 Å². The first-order chi connectivity index (χ1) is 9.13. The van der Waals surface area contributed by atoms with Crippen molar-refractivity contribution in [2.45, 2.75) is 59.4 Å². The predicted octanol–water partition coefficient (Wildman–Crippen LogP) is 5.00. The van der Waals surface area contributed by atoms with Crippen molar-refractivity contribution < 1.29 is 4.39 Å². The molecule has 0 saturated heterocycles. The van der Waals surface area contributed by atoms with E-state index in [0.29, 0.717) is 5.92 Å². The molecule has 0 bridgehead atoms. The van der Waals surface area contributed by atoms with Crippen molar-refractivity contribution in [3.63, 3.8) is 0 Å². The van der Waals surface area contributed by atoms with Gasteiger partial charge in [-0.1, -0.05) is 52.2 Å². The van der Waals surface area contributed by atoms with Crippen molar-refractivity contribution in [2.24, 2.45) is 5.92 Å². The maximum absolute atomic E-state index is 13.8. The van der Waals surface area contributed by atoms with E-state index in [1.807, 2.05) is 13.0 Å². The average Bonchev–Trinajstić information content (AvgIpc) is 2.41. The van der Waals surface area contributed by atoms with Crippen LogP contribution in [0.25, 0.3) is 0 Å².